The van der Waals surface area contributed by atoms with E-state index in [0.717, 1.165) is 34.6 Å². The summed E-state index contributed by atoms with van der Waals surface area (Å²) in [5.74, 6) is -4.46. The molecule has 0 aromatic heterocycles. The first-order valence-electron chi connectivity index (χ1n) is 7.86. The zero-order valence-electron chi connectivity index (χ0n) is 15.9. The second-order valence-corrected chi connectivity index (χ2v) is 5.81. The van der Waals surface area contributed by atoms with Gasteiger partial charge in [0.1, 0.15) is 6.61 Å². The highest BCUT2D eigenvalue weighted by atomic mass is 35.5. The molecule has 0 N–H and O–H groups in total. The predicted molar refractivity (Wildman–Crippen MR) is 89.7 cm³/mol. The van der Waals surface area contributed by atoms with Crippen molar-refractivity contribution in [3.63, 3.8) is 0 Å². The topological polar surface area (TPSA) is 149 Å². The van der Waals surface area contributed by atoms with Crippen LogP contribution in [0.15, 0.2) is 0 Å². The molecule has 0 saturated heterocycles. The summed E-state index contributed by atoms with van der Waals surface area (Å²) < 4.78 is 24.5. The SMILES string of the molecule is CC(=O)OC[C@@H](OC(C)=O)[C@@H](OC(C)=O)[C@H](OC(C)=O)C(OC(C)=O)C(=O)Cl. The number of hydrogen-bond donors (Lipinski definition) is 0. The predicted octanol–water partition coefficient (Wildman–Crippen LogP) is 0.0417. The molecule has 0 aliphatic carbocycles. The van der Waals surface area contributed by atoms with E-state index in [-0.39, 0.29) is 0 Å². The summed E-state index contributed by atoms with van der Waals surface area (Å²) >= 11 is 5.44. The molecule has 0 radical (unpaired) electrons. The molecule has 4 atom stereocenters. The lowest BCUT2D eigenvalue weighted by Crippen LogP contribution is -2.54. The van der Waals surface area contributed by atoms with Gasteiger partial charge in [-0.05, 0) is 11.6 Å². The highest BCUT2D eigenvalue weighted by Gasteiger charge is 2.46. The average Bonchev–Trinajstić information content (AvgIpc) is 2.51. The Morgan fingerprint density at radius 3 is 1.43 bits per heavy atom. The second kappa shape index (κ2) is 11.9. The summed E-state index contributed by atoms with van der Waals surface area (Å²) in [4.78, 5) is 68.7. The van der Waals surface area contributed by atoms with Crippen molar-refractivity contribution in [3.8, 4) is 0 Å². The van der Waals surface area contributed by atoms with Crippen LogP contribution in [0.1, 0.15) is 34.6 Å². The van der Waals surface area contributed by atoms with E-state index in [0.29, 0.717) is 0 Å². The van der Waals surface area contributed by atoms with E-state index in [1.807, 2.05) is 0 Å². The van der Waals surface area contributed by atoms with Gasteiger partial charge >= 0.3 is 29.8 Å². The molecule has 0 fully saturated rings. The lowest BCUT2D eigenvalue weighted by molar-refractivity contribution is -0.201. The third-order valence-electron chi connectivity index (χ3n) is 2.88. The summed E-state index contributed by atoms with van der Waals surface area (Å²) in [7, 11) is 0. The summed E-state index contributed by atoms with van der Waals surface area (Å²) in [6.45, 7) is 4.38. The maximum Gasteiger partial charge on any atom is 0.303 e. The first-order valence-corrected chi connectivity index (χ1v) is 8.24. The molecule has 1 unspecified atom stereocenters. The number of hydrogen-bond acceptors (Lipinski definition) is 11. The van der Waals surface area contributed by atoms with Crippen LogP contribution in [-0.4, -0.2) is 66.1 Å². The third-order valence-corrected chi connectivity index (χ3v) is 3.09. The van der Waals surface area contributed by atoms with Crippen LogP contribution >= 0.6 is 11.6 Å². The first-order chi connectivity index (χ1) is 12.8. The zero-order chi connectivity index (χ0) is 22.0. The van der Waals surface area contributed by atoms with Gasteiger partial charge in [-0.15, -0.1) is 0 Å². The van der Waals surface area contributed by atoms with Gasteiger partial charge in [-0.25, -0.2) is 0 Å². The molecule has 158 valence electrons. The van der Waals surface area contributed by atoms with Crippen LogP contribution in [0.3, 0.4) is 0 Å². The Morgan fingerprint density at radius 1 is 0.643 bits per heavy atom. The quantitative estimate of drug-likeness (QED) is 0.266. The average molecular weight is 425 g/mol. The van der Waals surface area contributed by atoms with Crippen molar-refractivity contribution in [2.75, 3.05) is 6.61 Å². The fourth-order valence-corrected chi connectivity index (χ4v) is 2.24. The van der Waals surface area contributed by atoms with Gasteiger partial charge in [-0.3, -0.25) is 28.8 Å². The van der Waals surface area contributed by atoms with Gasteiger partial charge in [0.05, 0.1) is 0 Å². The summed E-state index contributed by atoms with van der Waals surface area (Å²) in [6.07, 6.45) is -6.90. The molecule has 11 nitrogen and oxygen atoms in total. The van der Waals surface area contributed by atoms with Crippen molar-refractivity contribution in [3.05, 3.63) is 0 Å². The standard InChI is InChI=1S/C16H21ClO11/c1-7(18)24-6-12(25-8(2)19)13(26-9(3)20)14(27-10(4)21)15(16(17)23)28-11(5)22/h12-15H,6H2,1-5H3/t12-,13-,14+,15?/m1/s1. The van der Waals surface area contributed by atoms with E-state index in [9.17, 15) is 28.8 Å². The minimum atomic E-state index is -1.90. The van der Waals surface area contributed by atoms with E-state index in [2.05, 4.69) is 0 Å². The van der Waals surface area contributed by atoms with Gasteiger partial charge in [-0.1, -0.05) is 0 Å². The summed E-state index contributed by atoms with van der Waals surface area (Å²) in [5.41, 5.74) is 0. The van der Waals surface area contributed by atoms with E-state index in [4.69, 9.17) is 35.3 Å². The van der Waals surface area contributed by atoms with Gasteiger partial charge in [0.25, 0.3) is 5.24 Å². The number of ether oxygens (including phenoxy) is 5. The molecule has 28 heavy (non-hydrogen) atoms. The van der Waals surface area contributed by atoms with Gasteiger partial charge < -0.3 is 23.7 Å². The fourth-order valence-electron chi connectivity index (χ4n) is 2.07. The molecule has 12 heteroatoms. The Balaban J connectivity index is 6.18. The highest BCUT2D eigenvalue weighted by Crippen LogP contribution is 2.21. The molecular weight excluding hydrogens is 404 g/mol. The maximum absolute atomic E-state index is 11.8. The van der Waals surface area contributed by atoms with Crippen LogP contribution in [0.2, 0.25) is 0 Å². The zero-order valence-corrected chi connectivity index (χ0v) is 16.6. The maximum atomic E-state index is 11.8. The Bertz CT molecular complexity index is 630. The molecule has 0 rings (SSSR count). The molecule has 0 heterocycles. The van der Waals surface area contributed by atoms with Crippen LogP contribution in [0.4, 0.5) is 0 Å². The van der Waals surface area contributed by atoms with E-state index in [1.165, 1.54) is 0 Å². The number of carbonyl (C=O) groups excluding carboxylic acids is 6. The molecule has 0 aliphatic heterocycles. The smallest absolute Gasteiger partial charge is 0.303 e. The lowest BCUT2D eigenvalue weighted by Gasteiger charge is -2.34. The molecule has 0 spiro atoms. The number of rotatable bonds is 10. The second-order valence-electron chi connectivity index (χ2n) is 5.43. The van der Waals surface area contributed by atoms with Gasteiger partial charge in [0, 0.05) is 34.6 Å². The fraction of sp³-hybridized carbons (Fsp3) is 0.625. The van der Waals surface area contributed by atoms with Crippen LogP contribution in [-0.2, 0) is 52.5 Å². The summed E-state index contributed by atoms with van der Waals surface area (Å²) in [6, 6.07) is 0. The molecule has 0 aliphatic rings. The van der Waals surface area contributed by atoms with E-state index >= 15 is 0 Å². The van der Waals surface area contributed by atoms with Crippen LogP contribution in [0, 0.1) is 0 Å². The van der Waals surface area contributed by atoms with Crippen LogP contribution in [0.25, 0.3) is 0 Å². The largest absolute Gasteiger partial charge is 0.462 e. The van der Waals surface area contributed by atoms with Gasteiger partial charge in [0.2, 0.25) is 6.10 Å². The highest BCUT2D eigenvalue weighted by molar-refractivity contribution is 6.64. The minimum absolute atomic E-state index is 0.617. The molecule has 0 bridgehead atoms. The molecule has 0 aromatic carbocycles. The van der Waals surface area contributed by atoms with Gasteiger partial charge in [0.15, 0.2) is 18.3 Å². The molecule has 0 aromatic rings. The monoisotopic (exact) mass is 424 g/mol. The third kappa shape index (κ3) is 9.86. The number of carbonyl (C=O) groups is 6. The van der Waals surface area contributed by atoms with Crippen LogP contribution in [0.5, 0.6) is 0 Å². The van der Waals surface area contributed by atoms with Crippen molar-refractivity contribution in [2.45, 2.75) is 59.0 Å². The molecular formula is C16H21ClO11. The van der Waals surface area contributed by atoms with E-state index in [1.54, 1.807) is 0 Å². The Kier molecular flexibility index (Phi) is 10.8. The first kappa shape index (κ1) is 25.3. The Morgan fingerprint density at radius 2 is 1.07 bits per heavy atom. The van der Waals surface area contributed by atoms with Crippen molar-refractivity contribution in [1.29, 1.82) is 0 Å². The van der Waals surface area contributed by atoms with Crippen LogP contribution < -0.4 is 0 Å². The Hall–Kier alpha value is -2.69. The summed E-state index contributed by atoms with van der Waals surface area (Å²) in [5, 5.41) is -1.26. The van der Waals surface area contributed by atoms with Crippen molar-refractivity contribution in [2.24, 2.45) is 0 Å². The molecule has 0 saturated carbocycles. The molecule has 0 amide bonds. The lowest BCUT2D eigenvalue weighted by atomic mass is 10.0. The normalized spacial score (nSPS) is 14.5. The number of esters is 5. The Labute approximate surface area is 165 Å². The van der Waals surface area contributed by atoms with Crippen molar-refractivity contribution < 1.29 is 52.5 Å². The van der Waals surface area contributed by atoms with Gasteiger partial charge in [-0.2, -0.15) is 0 Å². The minimum Gasteiger partial charge on any atom is -0.462 e. The van der Waals surface area contributed by atoms with Crippen molar-refractivity contribution in [1.82, 2.24) is 0 Å². The number of halogens is 1. The van der Waals surface area contributed by atoms with Crippen molar-refractivity contribution >= 4 is 46.7 Å². The van der Waals surface area contributed by atoms with E-state index < -0.39 is 66.1 Å².